The van der Waals surface area contributed by atoms with E-state index in [0.29, 0.717) is 11.5 Å². The smallest absolute Gasteiger partial charge is 0.396 e. The molecule has 27 heavy (non-hydrogen) atoms. The molecule has 0 spiro atoms. The van der Waals surface area contributed by atoms with Crippen LogP contribution >= 0.6 is 16.5 Å². The van der Waals surface area contributed by atoms with E-state index >= 15 is 0 Å². The molecule has 2 aromatic rings. The summed E-state index contributed by atoms with van der Waals surface area (Å²) in [5.74, 6) is 0.709. The van der Waals surface area contributed by atoms with Crippen LogP contribution < -0.4 is 9.05 Å². The second-order valence-electron chi connectivity index (χ2n) is 5.62. The Morgan fingerprint density at radius 1 is 0.704 bits per heavy atom. The number of hydrogen-bond donors (Lipinski definition) is 2. The lowest BCUT2D eigenvalue weighted by molar-refractivity contribution is -0.0187. The molecule has 0 amide bonds. The zero-order chi connectivity index (χ0) is 19.5. The summed E-state index contributed by atoms with van der Waals surface area (Å²) in [6.45, 7) is -1.77. The van der Waals surface area contributed by atoms with Gasteiger partial charge in [-0.25, -0.2) is 9.05 Å². The van der Waals surface area contributed by atoms with E-state index in [0.717, 1.165) is 0 Å². The third kappa shape index (κ3) is 7.31. The zero-order valence-corrected chi connectivity index (χ0v) is 16.1. The van der Waals surface area contributed by atoms with Gasteiger partial charge in [-0.1, -0.05) is 36.4 Å². The van der Waals surface area contributed by atoms with Crippen molar-refractivity contribution in [2.45, 2.75) is 0 Å². The fourth-order valence-electron chi connectivity index (χ4n) is 1.84. The zero-order valence-electron chi connectivity index (χ0n) is 14.3. The molecule has 8 nitrogen and oxygen atoms in total. The molecule has 0 fully saturated rings. The minimum absolute atomic E-state index is 0.337. The highest BCUT2D eigenvalue weighted by Gasteiger charge is 2.39. The normalized spacial score (nSPS) is 12.4. The van der Waals surface area contributed by atoms with Crippen LogP contribution in [0.5, 0.6) is 11.5 Å². The van der Waals surface area contributed by atoms with Crippen LogP contribution in [0.3, 0.4) is 0 Å². The van der Waals surface area contributed by atoms with Crippen molar-refractivity contribution in [1.29, 1.82) is 0 Å². The van der Waals surface area contributed by atoms with E-state index in [2.05, 4.69) is 0 Å². The number of aliphatic hydroxyl groups excluding tert-OH is 2. The molecule has 0 radical (unpaired) electrons. The number of benzene rings is 2. The molecular formula is C17H20O8P2+2. The van der Waals surface area contributed by atoms with E-state index in [1.807, 2.05) is 0 Å². The maximum Gasteiger partial charge on any atom is 0.750 e. The summed E-state index contributed by atoms with van der Waals surface area (Å²) in [4.78, 5) is 0. The standard InChI is InChI=1S/C17H20O8P2/c18-11-17(12-19,13-22-26(20)24-15-7-3-1-4-8-15)14-23-27(21)25-16-9-5-2-6-10-16/h1-10,18-19H,11-14H2/q+2. The summed E-state index contributed by atoms with van der Waals surface area (Å²) in [7, 11) is -5.06. The third-order valence-corrected chi connectivity index (χ3v) is 4.87. The van der Waals surface area contributed by atoms with Crippen LogP contribution in [0.4, 0.5) is 0 Å². The Balaban J connectivity index is 1.84. The summed E-state index contributed by atoms with van der Waals surface area (Å²) in [6.07, 6.45) is 0. The van der Waals surface area contributed by atoms with Gasteiger partial charge in [-0.2, -0.15) is 0 Å². The van der Waals surface area contributed by atoms with Crippen molar-refractivity contribution < 1.29 is 37.4 Å². The molecule has 2 rings (SSSR count). The highest BCUT2D eigenvalue weighted by molar-refractivity contribution is 7.34. The van der Waals surface area contributed by atoms with Gasteiger partial charge in [0, 0.05) is 9.13 Å². The predicted octanol–water partition coefficient (Wildman–Crippen LogP) is 3.46. The molecule has 2 atom stereocenters. The maximum absolute atomic E-state index is 11.9. The summed E-state index contributed by atoms with van der Waals surface area (Å²) in [6, 6.07) is 16.8. The second-order valence-corrected chi connectivity index (χ2v) is 7.39. The number of aliphatic hydroxyl groups is 2. The van der Waals surface area contributed by atoms with Gasteiger partial charge in [0.2, 0.25) is 0 Å². The quantitative estimate of drug-likeness (QED) is 0.508. The Labute approximate surface area is 158 Å². The van der Waals surface area contributed by atoms with Crippen molar-refractivity contribution in [1.82, 2.24) is 0 Å². The first-order chi connectivity index (χ1) is 13.1. The molecule has 0 aliphatic heterocycles. The van der Waals surface area contributed by atoms with Crippen molar-refractivity contribution in [3.8, 4) is 11.5 Å². The van der Waals surface area contributed by atoms with Crippen molar-refractivity contribution in [2.75, 3.05) is 26.4 Å². The summed E-state index contributed by atoms with van der Waals surface area (Å²) in [5.41, 5.74) is -1.32. The molecule has 10 heteroatoms. The number of rotatable bonds is 12. The minimum atomic E-state index is -2.53. The van der Waals surface area contributed by atoms with Gasteiger partial charge in [0.1, 0.15) is 13.2 Å². The van der Waals surface area contributed by atoms with E-state index in [1.54, 1.807) is 60.7 Å². The molecule has 0 saturated heterocycles. The van der Waals surface area contributed by atoms with E-state index < -0.39 is 35.1 Å². The van der Waals surface area contributed by atoms with Crippen molar-refractivity contribution in [3.63, 3.8) is 0 Å². The van der Waals surface area contributed by atoms with Crippen LogP contribution in [-0.4, -0.2) is 36.6 Å². The number of para-hydroxylation sites is 2. The Morgan fingerprint density at radius 3 is 1.41 bits per heavy atom. The fourth-order valence-corrected chi connectivity index (χ4v) is 3.29. The molecule has 0 heterocycles. The van der Waals surface area contributed by atoms with Gasteiger partial charge >= 0.3 is 16.5 Å². The van der Waals surface area contributed by atoms with Gasteiger partial charge in [-0.15, -0.1) is 9.05 Å². The molecule has 0 bridgehead atoms. The number of hydrogen-bond acceptors (Lipinski definition) is 8. The Morgan fingerprint density at radius 2 is 1.07 bits per heavy atom. The maximum atomic E-state index is 11.9. The highest BCUT2D eigenvalue weighted by atomic mass is 31.1. The van der Waals surface area contributed by atoms with E-state index in [-0.39, 0.29) is 13.2 Å². The highest BCUT2D eigenvalue weighted by Crippen LogP contribution is 2.34. The third-order valence-electron chi connectivity index (χ3n) is 3.47. The molecule has 0 aliphatic carbocycles. The topological polar surface area (TPSA) is 112 Å². The lowest BCUT2D eigenvalue weighted by atomic mass is 9.93. The van der Waals surface area contributed by atoms with Gasteiger partial charge in [-0.3, -0.25) is 0 Å². The van der Waals surface area contributed by atoms with Gasteiger partial charge in [-0.05, 0) is 24.3 Å². The van der Waals surface area contributed by atoms with Gasteiger partial charge in [0.25, 0.3) is 0 Å². The van der Waals surface area contributed by atoms with Crippen molar-refractivity contribution in [2.24, 2.45) is 5.41 Å². The average Bonchev–Trinajstić information content (AvgIpc) is 2.70. The Bertz CT molecular complexity index is 663. The monoisotopic (exact) mass is 414 g/mol. The van der Waals surface area contributed by atoms with Crippen LogP contribution in [0, 0.1) is 5.41 Å². The van der Waals surface area contributed by atoms with Gasteiger partial charge in [0.05, 0.1) is 18.6 Å². The first kappa shape index (κ1) is 21.4. The lowest BCUT2D eigenvalue weighted by Crippen LogP contribution is -2.38. The Hall–Kier alpha value is -1.92. The first-order valence-corrected chi connectivity index (χ1v) is 10.1. The van der Waals surface area contributed by atoms with Gasteiger partial charge in [0.15, 0.2) is 11.5 Å². The largest absolute Gasteiger partial charge is 0.750 e. The molecule has 144 valence electrons. The Kier molecular flexibility index (Phi) is 8.75. The predicted molar refractivity (Wildman–Crippen MR) is 97.9 cm³/mol. The minimum Gasteiger partial charge on any atom is -0.396 e. The fraction of sp³-hybridized carbons (Fsp3) is 0.294. The summed E-state index contributed by atoms with van der Waals surface area (Å²) in [5, 5.41) is 19.2. The van der Waals surface area contributed by atoms with Crippen molar-refractivity contribution >= 4 is 16.5 Å². The second kappa shape index (κ2) is 11.0. The molecule has 2 aromatic carbocycles. The van der Waals surface area contributed by atoms with Crippen LogP contribution in [0.15, 0.2) is 60.7 Å². The first-order valence-electron chi connectivity index (χ1n) is 7.95. The SMILES string of the molecule is O=[P+](OCC(CO)(CO)CO[P+](=O)Oc1ccccc1)Oc1ccccc1. The molecule has 2 unspecified atom stereocenters. The van der Waals surface area contributed by atoms with E-state index in [1.165, 1.54) is 0 Å². The lowest BCUT2D eigenvalue weighted by Gasteiger charge is -2.23. The van der Waals surface area contributed by atoms with E-state index in [9.17, 15) is 19.3 Å². The average molecular weight is 414 g/mol. The van der Waals surface area contributed by atoms with Crippen molar-refractivity contribution in [3.05, 3.63) is 60.7 Å². The van der Waals surface area contributed by atoms with Crippen LogP contribution in [0.1, 0.15) is 0 Å². The molecule has 2 N–H and O–H groups in total. The summed E-state index contributed by atoms with van der Waals surface area (Å²) >= 11 is 0. The van der Waals surface area contributed by atoms with Crippen LogP contribution in [-0.2, 0) is 18.2 Å². The molecule has 0 aromatic heterocycles. The molecule has 0 saturated carbocycles. The van der Waals surface area contributed by atoms with E-state index in [4.69, 9.17) is 18.1 Å². The van der Waals surface area contributed by atoms with Crippen LogP contribution in [0.2, 0.25) is 0 Å². The molecular weight excluding hydrogens is 394 g/mol. The van der Waals surface area contributed by atoms with Gasteiger partial charge < -0.3 is 10.2 Å². The molecule has 0 aliphatic rings. The summed E-state index contributed by atoms with van der Waals surface area (Å²) < 4.78 is 44.2. The van der Waals surface area contributed by atoms with Crippen LogP contribution in [0.25, 0.3) is 0 Å².